The summed E-state index contributed by atoms with van der Waals surface area (Å²) in [6.45, 7) is 1.97. The second kappa shape index (κ2) is 5.29. The fourth-order valence-corrected chi connectivity index (χ4v) is 1.72. The van der Waals surface area contributed by atoms with Crippen LogP contribution in [-0.2, 0) is 6.61 Å². The molecule has 4 heteroatoms. The Labute approximate surface area is 108 Å². The van der Waals surface area contributed by atoms with Crippen molar-refractivity contribution in [1.82, 2.24) is 4.98 Å². The highest BCUT2D eigenvalue weighted by Crippen LogP contribution is 2.29. The van der Waals surface area contributed by atoms with Crippen LogP contribution in [0.1, 0.15) is 11.1 Å². The maximum Gasteiger partial charge on any atom is 0.233 e. The molecule has 0 unspecified atom stereocenters. The molecule has 1 heterocycles. The normalized spacial score (nSPS) is 10.3. The van der Waals surface area contributed by atoms with Crippen LogP contribution < -0.4 is 4.74 Å². The van der Waals surface area contributed by atoms with Gasteiger partial charge in [0.15, 0.2) is 0 Å². The van der Waals surface area contributed by atoms with E-state index in [0.29, 0.717) is 11.6 Å². The van der Waals surface area contributed by atoms with E-state index in [2.05, 4.69) is 20.9 Å². The van der Waals surface area contributed by atoms with Crippen molar-refractivity contribution in [3.8, 4) is 11.6 Å². The summed E-state index contributed by atoms with van der Waals surface area (Å²) >= 11 is 3.44. The van der Waals surface area contributed by atoms with Crippen molar-refractivity contribution in [2.24, 2.45) is 0 Å². The molecule has 0 aliphatic carbocycles. The summed E-state index contributed by atoms with van der Waals surface area (Å²) in [6, 6.07) is 9.20. The zero-order valence-corrected chi connectivity index (χ0v) is 10.9. The highest BCUT2D eigenvalue weighted by atomic mass is 79.9. The summed E-state index contributed by atoms with van der Waals surface area (Å²) in [5.74, 6) is 1.19. The molecule has 0 spiro atoms. The molecule has 2 rings (SSSR count). The second-order valence-corrected chi connectivity index (χ2v) is 4.45. The molecule has 0 aliphatic rings. The predicted molar refractivity (Wildman–Crippen MR) is 69.1 cm³/mol. The van der Waals surface area contributed by atoms with Crippen LogP contribution in [0, 0.1) is 6.92 Å². The lowest BCUT2D eigenvalue weighted by Crippen LogP contribution is -1.92. The monoisotopic (exact) mass is 293 g/mol. The average molecular weight is 294 g/mol. The van der Waals surface area contributed by atoms with Gasteiger partial charge in [0, 0.05) is 6.20 Å². The zero-order chi connectivity index (χ0) is 12.3. The lowest BCUT2D eigenvalue weighted by molar-refractivity contribution is 0.281. The van der Waals surface area contributed by atoms with Gasteiger partial charge in [0.2, 0.25) is 5.88 Å². The van der Waals surface area contributed by atoms with Crippen LogP contribution in [0.3, 0.4) is 0 Å². The number of benzene rings is 1. The van der Waals surface area contributed by atoms with E-state index in [0.717, 1.165) is 15.6 Å². The number of nitrogens with zero attached hydrogens (tertiary/aromatic N) is 1. The first kappa shape index (κ1) is 12.1. The van der Waals surface area contributed by atoms with Crippen molar-refractivity contribution in [3.05, 3.63) is 52.1 Å². The molecule has 2 aromatic rings. The summed E-state index contributed by atoms with van der Waals surface area (Å²) in [4.78, 5) is 4.16. The maximum atomic E-state index is 9.05. The van der Waals surface area contributed by atoms with Crippen molar-refractivity contribution in [1.29, 1.82) is 0 Å². The molecule has 1 aromatic carbocycles. The van der Waals surface area contributed by atoms with E-state index < -0.39 is 0 Å². The summed E-state index contributed by atoms with van der Waals surface area (Å²) < 4.78 is 6.51. The summed E-state index contributed by atoms with van der Waals surface area (Å²) in [6.07, 6.45) is 1.70. The standard InChI is InChI=1S/C13H12BrNO2/c1-9-5-6-15-13(12(9)14)17-11-4-2-3-10(7-11)8-16/h2-7,16H,8H2,1H3. The zero-order valence-electron chi connectivity index (χ0n) is 9.35. The summed E-state index contributed by atoms with van der Waals surface area (Å²) in [7, 11) is 0. The van der Waals surface area contributed by atoms with Crippen LogP contribution in [0.5, 0.6) is 11.6 Å². The lowest BCUT2D eigenvalue weighted by Gasteiger charge is -2.08. The van der Waals surface area contributed by atoms with Gasteiger partial charge in [-0.25, -0.2) is 4.98 Å². The summed E-state index contributed by atoms with van der Waals surface area (Å²) in [5, 5.41) is 9.05. The minimum Gasteiger partial charge on any atom is -0.438 e. The molecule has 0 saturated heterocycles. The Morgan fingerprint density at radius 2 is 2.18 bits per heavy atom. The van der Waals surface area contributed by atoms with E-state index in [9.17, 15) is 0 Å². The van der Waals surface area contributed by atoms with Crippen molar-refractivity contribution < 1.29 is 9.84 Å². The Balaban J connectivity index is 2.28. The van der Waals surface area contributed by atoms with Crippen molar-refractivity contribution in [2.45, 2.75) is 13.5 Å². The predicted octanol–water partition coefficient (Wildman–Crippen LogP) is 3.44. The molecule has 0 saturated carbocycles. The lowest BCUT2D eigenvalue weighted by atomic mass is 10.2. The third-order valence-electron chi connectivity index (χ3n) is 2.35. The summed E-state index contributed by atoms with van der Waals surface area (Å²) in [5.41, 5.74) is 1.87. The molecular formula is C13H12BrNO2. The van der Waals surface area contributed by atoms with Crippen LogP contribution in [0.25, 0.3) is 0 Å². The quantitative estimate of drug-likeness (QED) is 0.943. The van der Waals surface area contributed by atoms with Crippen LogP contribution >= 0.6 is 15.9 Å². The highest BCUT2D eigenvalue weighted by Gasteiger charge is 2.06. The number of aryl methyl sites for hydroxylation is 1. The Morgan fingerprint density at radius 3 is 2.94 bits per heavy atom. The number of rotatable bonds is 3. The number of halogens is 1. The van der Waals surface area contributed by atoms with Gasteiger partial charge in [0.1, 0.15) is 5.75 Å². The van der Waals surface area contributed by atoms with E-state index in [4.69, 9.17) is 9.84 Å². The van der Waals surface area contributed by atoms with Gasteiger partial charge in [0.25, 0.3) is 0 Å². The third-order valence-corrected chi connectivity index (χ3v) is 3.31. The van der Waals surface area contributed by atoms with Gasteiger partial charge in [-0.3, -0.25) is 0 Å². The minimum absolute atomic E-state index is 0.000381. The Morgan fingerprint density at radius 1 is 1.35 bits per heavy atom. The number of aromatic nitrogens is 1. The van der Waals surface area contributed by atoms with Crippen molar-refractivity contribution in [2.75, 3.05) is 0 Å². The van der Waals surface area contributed by atoms with Crippen LogP contribution in [0.2, 0.25) is 0 Å². The van der Waals surface area contributed by atoms with E-state index in [1.165, 1.54) is 0 Å². The van der Waals surface area contributed by atoms with E-state index in [1.54, 1.807) is 12.3 Å². The smallest absolute Gasteiger partial charge is 0.233 e. The Bertz CT molecular complexity index is 529. The largest absolute Gasteiger partial charge is 0.438 e. The van der Waals surface area contributed by atoms with Crippen LogP contribution in [0.15, 0.2) is 41.0 Å². The molecule has 0 amide bonds. The van der Waals surface area contributed by atoms with E-state index >= 15 is 0 Å². The molecular weight excluding hydrogens is 282 g/mol. The first-order valence-electron chi connectivity index (χ1n) is 5.19. The third kappa shape index (κ3) is 2.84. The molecule has 88 valence electrons. The first-order valence-corrected chi connectivity index (χ1v) is 5.99. The van der Waals surface area contributed by atoms with Gasteiger partial charge in [-0.2, -0.15) is 0 Å². The van der Waals surface area contributed by atoms with Crippen LogP contribution in [0.4, 0.5) is 0 Å². The number of hydrogen-bond donors (Lipinski definition) is 1. The molecule has 0 fully saturated rings. The molecule has 1 aromatic heterocycles. The molecule has 1 N–H and O–H groups in total. The van der Waals surface area contributed by atoms with E-state index in [-0.39, 0.29) is 6.61 Å². The minimum atomic E-state index is -0.000381. The van der Waals surface area contributed by atoms with Gasteiger partial charge < -0.3 is 9.84 Å². The highest BCUT2D eigenvalue weighted by molar-refractivity contribution is 9.10. The first-order chi connectivity index (χ1) is 8.20. The van der Waals surface area contributed by atoms with Gasteiger partial charge in [-0.05, 0) is 52.2 Å². The number of aliphatic hydroxyl groups is 1. The molecule has 17 heavy (non-hydrogen) atoms. The van der Waals surface area contributed by atoms with Gasteiger partial charge in [0.05, 0.1) is 11.1 Å². The number of ether oxygens (including phenoxy) is 1. The fraction of sp³-hybridized carbons (Fsp3) is 0.154. The maximum absolute atomic E-state index is 9.05. The van der Waals surface area contributed by atoms with Gasteiger partial charge in [-0.1, -0.05) is 12.1 Å². The number of pyridine rings is 1. The van der Waals surface area contributed by atoms with Gasteiger partial charge in [-0.15, -0.1) is 0 Å². The van der Waals surface area contributed by atoms with Gasteiger partial charge >= 0.3 is 0 Å². The molecule has 3 nitrogen and oxygen atoms in total. The fourth-order valence-electron chi connectivity index (χ4n) is 1.41. The van der Waals surface area contributed by atoms with E-state index in [1.807, 2.05) is 31.2 Å². The Kier molecular flexibility index (Phi) is 3.76. The van der Waals surface area contributed by atoms with Crippen molar-refractivity contribution in [3.63, 3.8) is 0 Å². The molecule has 0 atom stereocenters. The molecule has 0 aliphatic heterocycles. The molecule has 0 radical (unpaired) electrons. The topological polar surface area (TPSA) is 42.4 Å². The van der Waals surface area contributed by atoms with Crippen LogP contribution in [-0.4, -0.2) is 10.1 Å². The SMILES string of the molecule is Cc1ccnc(Oc2cccc(CO)c2)c1Br. The van der Waals surface area contributed by atoms with Crippen molar-refractivity contribution >= 4 is 15.9 Å². The number of hydrogen-bond acceptors (Lipinski definition) is 3. The average Bonchev–Trinajstić information content (AvgIpc) is 2.35. The molecule has 0 bridgehead atoms. The Hall–Kier alpha value is -1.39. The second-order valence-electron chi connectivity index (χ2n) is 3.65. The number of aliphatic hydroxyl groups excluding tert-OH is 1.